The highest BCUT2D eigenvalue weighted by Gasteiger charge is 1.86. The van der Waals surface area contributed by atoms with Gasteiger partial charge in [0.15, 0.2) is 0 Å². The summed E-state index contributed by atoms with van der Waals surface area (Å²) in [5.74, 6) is 0.343. The van der Waals surface area contributed by atoms with E-state index >= 15 is 0 Å². The Balaban J connectivity index is 0. The van der Waals surface area contributed by atoms with Crippen LogP contribution in [0.4, 0.5) is 4.79 Å². The minimum absolute atomic E-state index is 0.343. The summed E-state index contributed by atoms with van der Waals surface area (Å²) in [6.07, 6.45) is 0.671. The third-order valence-corrected chi connectivity index (χ3v) is 1.08. The molecule has 2 N–H and O–H groups in total. The van der Waals surface area contributed by atoms with E-state index in [9.17, 15) is 9.59 Å². The number of hydrogen-bond acceptors (Lipinski definition) is 3. The summed E-state index contributed by atoms with van der Waals surface area (Å²) >= 11 is 0. The molecule has 0 aliphatic rings. The van der Waals surface area contributed by atoms with Crippen LogP contribution in [0.1, 0.15) is 33.6 Å². The molecule has 0 aromatic rings. The molecule has 0 unspecified atom stereocenters. The van der Waals surface area contributed by atoms with Crippen LogP contribution in [0.5, 0.6) is 0 Å². The van der Waals surface area contributed by atoms with Crippen molar-refractivity contribution in [1.82, 2.24) is 0 Å². The van der Waals surface area contributed by atoms with Gasteiger partial charge in [-0.15, -0.1) is 0 Å². The van der Waals surface area contributed by atoms with Crippen molar-refractivity contribution >= 4 is 11.9 Å². The molecule has 0 saturated carbocycles. The van der Waals surface area contributed by atoms with Gasteiger partial charge in [-0.2, -0.15) is 0 Å². The highest BCUT2D eigenvalue weighted by Crippen LogP contribution is 1.83. The van der Waals surface area contributed by atoms with Crippen molar-refractivity contribution in [3.05, 3.63) is 0 Å². The molecule has 0 aliphatic heterocycles. The molecular formula is C8H17NO3. The predicted octanol–water partition coefficient (Wildman–Crippen LogP) is 1.48. The van der Waals surface area contributed by atoms with Crippen molar-refractivity contribution < 1.29 is 14.3 Å². The van der Waals surface area contributed by atoms with E-state index in [-0.39, 0.29) is 0 Å². The van der Waals surface area contributed by atoms with E-state index in [0.29, 0.717) is 25.2 Å². The van der Waals surface area contributed by atoms with Gasteiger partial charge in [-0.3, -0.25) is 4.79 Å². The third-order valence-electron chi connectivity index (χ3n) is 1.08. The number of ether oxygens (including phenoxy) is 1. The van der Waals surface area contributed by atoms with Gasteiger partial charge in [0.25, 0.3) is 0 Å². The Morgan fingerprint density at radius 2 is 1.58 bits per heavy atom. The highest BCUT2D eigenvalue weighted by atomic mass is 16.5. The molecule has 72 valence electrons. The molecular weight excluding hydrogens is 158 g/mol. The SMILES string of the molecule is CCC(=O)CC.CCOC(N)=O. The van der Waals surface area contributed by atoms with Crippen molar-refractivity contribution in [3.8, 4) is 0 Å². The van der Waals surface area contributed by atoms with Crippen LogP contribution in [0.2, 0.25) is 0 Å². The molecule has 0 spiro atoms. The largest absolute Gasteiger partial charge is 0.450 e. The number of primary amides is 1. The van der Waals surface area contributed by atoms with Gasteiger partial charge in [-0.1, -0.05) is 13.8 Å². The standard InChI is InChI=1S/C5H10O.C3H7NO2/c1-3-5(6)4-2;1-2-6-3(4)5/h3-4H2,1-2H3;2H2,1H3,(H2,4,5). The fraction of sp³-hybridized carbons (Fsp3) is 0.750. The first-order chi connectivity index (χ1) is 5.58. The number of carbonyl (C=O) groups excluding carboxylic acids is 2. The first-order valence-electron chi connectivity index (χ1n) is 4.02. The second kappa shape index (κ2) is 9.94. The first-order valence-corrected chi connectivity index (χ1v) is 4.02. The van der Waals surface area contributed by atoms with Crippen molar-refractivity contribution in [3.63, 3.8) is 0 Å². The van der Waals surface area contributed by atoms with Crippen LogP contribution in [0.3, 0.4) is 0 Å². The van der Waals surface area contributed by atoms with Gasteiger partial charge in [0, 0.05) is 12.8 Å². The maximum absolute atomic E-state index is 10.2. The van der Waals surface area contributed by atoms with E-state index in [4.69, 9.17) is 0 Å². The maximum Gasteiger partial charge on any atom is 0.404 e. The lowest BCUT2D eigenvalue weighted by Gasteiger charge is -1.89. The Kier molecular flexibility index (Phi) is 11.2. The minimum Gasteiger partial charge on any atom is -0.450 e. The van der Waals surface area contributed by atoms with Crippen molar-refractivity contribution in [2.45, 2.75) is 33.6 Å². The fourth-order valence-corrected chi connectivity index (χ4v) is 0.392. The second-order valence-electron chi connectivity index (χ2n) is 2.00. The molecule has 4 nitrogen and oxygen atoms in total. The topological polar surface area (TPSA) is 69.4 Å². The normalized spacial score (nSPS) is 7.92. The summed E-state index contributed by atoms with van der Waals surface area (Å²) in [7, 11) is 0. The summed E-state index contributed by atoms with van der Waals surface area (Å²) in [4.78, 5) is 19.8. The fourth-order valence-electron chi connectivity index (χ4n) is 0.392. The molecule has 0 rings (SSSR count). The van der Waals surface area contributed by atoms with Gasteiger partial charge >= 0.3 is 6.09 Å². The Labute approximate surface area is 73.1 Å². The number of ketones is 1. The van der Waals surface area contributed by atoms with E-state index in [1.54, 1.807) is 6.92 Å². The summed E-state index contributed by atoms with van der Waals surface area (Å²) in [6.45, 7) is 5.82. The number of amides is 1. The lowest BCUT2D eigenvalue weighted by atomic mass is 10.3. The average Bonchev–Trinajstić information content (AvgIpc) is 2.04. The molecule has 12 heavy (non-hydrogen) atoms. The van der Waals surface area contributed by atoms with Crippen LogP contribution < -0.4 is 5.73 Å². The zero-order valence-corrected chi connectivity index (χ0v) is 7.92. The van der Waals surface area contributed by atoms with E-state index < -0.39 is 6.09 Å². The average molecular weight is 175 g/mol. The van der Waals surface area contributed by atoms with E-state index in [1.807, 2.05) is 13.8 Å². The van der Waals surface area contributed by atoms with E-state index in [0.717, 1.165) is 0 Å². The monoisotopic (exact) mass is 175 g/mol. The molecule has 0 aromatic carbocycles. The molecule has 0 heterocycles. The van der Waals surface area contributed by atoms with Crippen molar-refractivity contribution in [1.29, 1.82) is 0 Å². The van der Waals surface area contributed by atoms with Gasteiger partial charge in [0.05, 0.1) is 6.61 Å². The molecule has 4 heteroatoms. The van der Waals surface area contributed by atoms with Gasteiger partial charge in [0.2, 0.25) is 0 Å². The van der Waals surface area contributed by atoms with Crippen LogP contribution in [0.25, 0.3) is 0 Å². The van der Waals surface area contributed by atoms with Crippen molar-refractivity contribution in [2.24, 2.45) is 5.73 Å². The molecule has 0 bridgehead atoms. The first kappa shape index (κ1) is 13.5. The Morgan fingerprint density at radius 3 is 1.58 bits per heavy atom. The summed E-state index contributed by atoms with van der Waals surface area (Å²) in [5.41, 5.74) is 4.54. The van der Waals surface area contributed by atoms with Gasteiger partial charge in [-0.25, -0.2) is 4.79 Å². The smallest absolute Gasteiger partial charge is 0.404 e. The van der Waals surface area contributed by atoms with Crippen molar-refractivity contribution in [2.75, 3.05) is 6.61 Å². The minimum atomic E-state index is -0.711. The van der Waals surface area contributed by atoms with Crippen LogP contribution in [-0.2, 0) is 9.53 Å². The lowest BCUT2D eigenvalue weighted by Crippen LogP contribution is -2.11. The van der Waals surface area contributed by atoms with Crippen LogP contribution in [0, 0.1) is 0 Å². The quantitative estimate of drug-likeness (QED) is 0.706. The van der Waals surface area contributed by atoms with E-state index in [2.05, 4.69) is 10.5 Å². The third kappa shape index (κ3) is 16.0. The van der Waals surface area contributed by atoms with Crippen LogP contribution in [-0.4, -0.2) is 18.5 Å². The molecule has 1 amide bonds. The maximum atomic E-state index is 10.2. The van der Waals surface area contributed by atoms with Gasteiger partial charge in [0.1, 0.15) is 5.78 Å². The number of hydrogen-bond donors (Lipinski definition) is 1. The molecule has 0 saturated heterocycles. The van der Waals surface area contributed by atoms with Crippen LogP contribution in [0.15, 0.2) is 0 Å². The lowest BCUT2D eigenvalue weighted by molar-refractivity contribution is -0.118. The van der Waals surface area contributed by atoms with E-state index in [1.165, 1.54) is 0 Å². The zero-order valence-electron chi connectivity index (χ0n) is 7.92. The molecule has 0 aliphatic carbocycles. The Hall–Kier alpha value is -1.06. The number of Topliss-reactive ketones (excluding diaryl/α,β-unsaturated/α-hetero) is 1. The molecule has 0 fully saturated rings. The Morgan fingerprint density at radius 1 is 1.17 bits per heavy atom. The summed E-state index contributed by atoms with van der Waals surface area (Å²) < 4.78 is 4.18. The zero-order chi connectivity index (χ0) is 9.98. The van der Waals surface area contributed by atoms with Crippen LogP contribution >= 0.6 is 0 Å². The van der Waals surface area contributed by atoms with Gasteiger partial charge < -0.3 is 10.5 Å². The molecule has 0 aromatic heterocycles. The molecule has 0 radical (unpaired) electrons. The van der Waals surface area contributed by atoms with Gasteiger partial charge in [-0.05, 0) is 6.92 Å². The predicted molar refractivity (Wildman–Crippen MR) is 46.8 cm³/mol. The Bertz CT molecular complexity index is 128. The summed E-state index contributed by atoms with van der Waals surface area (Å²) in [5, 5.41) is 0. The summed E-state index contributed by atoms with van der Waals surface area (Å²) in [6, 6.07) is 0. The number of nitrogens with two attached hydrogens (primary N) is 1. The second-order valence-corrected chi connectivity index (χ2v) is 2.00. The number of rotatable bonds is 3. The highest BCUT2D eigenvalue weighted by molar-refractivity contribution is 5.77. The number of carbonyl (C=O) groups is 2. The molecule has 0 atom stereocenters.